The number of hydrogen-bond donors (Lipinski definition) is 2. The van der Waals surface area contributed by atoms with E-state index in [2.05, 4.69) is 15.5 Å². The van der Waals surface area contributed by atoms with Gasteiger partial charge in [-0.15, -0.1) is 0 Å². The van der Waals surface area contributed by atoms with Gasteiger partial charge in [-0.25, -0.2) is 0 Å². The van der Waals surface area contributed by atoms with Gasteiger partial charge < -0.3 is 15.0 Å². The monoisotopic (exact) mass is 389 g/mol. The van der Waals surface area contributed by atoms with Crippen molar-refractivity contribution >= 4 is 46.2 Å². The Balaban J connectivity index is 1.71. The number of carbonyl (C=O) groups excluding carboxylic acids is 1. The molecule has 1 amide bonds. The summed E-state index contributed by atoms with van der Waals surface area (Å²) in [5.74, 6) is -0.252. The molecule has 7 heteroatoms. The number of morpholine rings is 1. The number of hydrogen-bond acceptors (Lipinski definition) is 4. The smallest absolute Gasteiger partial charge is 0.257 e. The van der Waals surface area contributed by atoms with Crippen LogP contribution in [-0.2, 0) is 4.74 Å². The standard InChI is InChI=1S/C19H20ClN3O2S/c1-13-2-4-14(5-3-13)18(24)22-19(26)21-16-12-15(20)6-7-17(16)23-8-10-25-11-9-23/h2-7,12H,8-11H2,1H3,(H2,21,22,24,26). The zero-order valence-corrected chi connectivity index (χ0v) is 16.0. The topological polar surface area (TPSA) is 53.6 Å². The summed E-state index contributed by atoms with van der Waals surface area (Å²) in [6.45, 7) is 4.91. The predicted molar refractivity (Wildman–Crippen MR) is 109 cm³/mol. The lowest BCUT2D eigenvalue weighted by atomic mass is 10.1. The minimum atomic E-state index is -0.252. The highest BCUT2D eigenvalue weighted by Gasteiger charge is 2.16. The molecular formula is C19H20ClN3O2S. The quantitative estimate of drug-likeness (QED) is 0.785. The lowest BCUT2D eigenvalue weighted by molar-refractivity contribution is 0.0977. The van der Waals surface area contributed by atoms with Crippen LogP contribution >= 0.6 is 23.8 Å². The highest BCUT2D eigenvalue weighted by Crippen LogP contribution is 2.29. The predicted octanol–water partition coefficient (Wildman–Crippen LogP) is 3.61. The maximum Gasteiger partial charge on any atom is 0.257 e. The van der Waals surface area contributed by atoms with Crippen molar-refractivity contribution in [2.45, 2.75) is 6.92 Å². The van der Waals surface area contributed by atoms with Gasteiger partial charge in [0.15, 0.2) is 5.11 Å². The summed E-state index contributed by atoms with van der Waals surface area (Å²) in [5, 5.41) is 6.63. The SMILES string of the molecule is Cc1ccc(C(=O)NC(=S)Nc2cc(Cl)ccc2N2CCOCC2)cc1. The van der Waals surface area contributed by atoms with Crippen molar-refractivity contribution in [3.05, 3.63) is 58.6 Å². The number of rotatable bonds is 3. The van der Waals surface area contributed by atoms with Crippen LogP contribution in [-0.4, -0.2) is 37.3 Å². The molecule has 0 bridgehead atoms. The molecular weight excluding hydrogens is 370 g/mol. The summed E-state index contributed by atoms with van der Waals surface area (Å²) in [5.41, 5.74) is 3.38. The van der Waals surface area contributed by atoms with Gasteiger partial charge in [0.05, 0.1) is 24.6 Å². The Labute approximate surface area is 163 Å². The summed E-state index contributed by atoms with van der Waals surface area (Å²) in [6.07, 6.45) is 0. The van der Waals surface area contributed by atoms with Crippen molar-refractivity contribution < 1.29 is 9.53 Å². The summed E-state index contributed by atoms with van der Waals surface area (Å²) >= 11 is 11.5. The van der Waals surface area contributed by atoms with E-state index in [-0.39, 0.29) is 11.0 Å². The number of nitrogens with one attached hydrogen (secondary N) is 2. The Hall–Kier alpha value is -2.15. The van der Waals surface area contributed by atoms with E-state index in [1.54, 1.807) is 18.2 Å². The van der Waals surface area contributed by atoms with Gasteiger partial charge in [0.1, 0.15) is 0 Å². The van der Waals surface area contributed by atoms with E-state index in [0.717, 1.165) is 30.0 Å². The zero-order chi connectivity index (χ0) is 18.5. The van der Waals surface area contributed by atoms with E-state index in [0.29, 0.717) is 23.8 Å². The first-order valence-corrected chi connectivity index (χ1v) is 9.13. The fraction of sp³-hybridized carbons (Fsp3) is 0.263. The van der Waals surface area contributed by atoms with E-state index < -0.39 is 0 Å². The Morgan fingerprint density at radius 1 is 1.15 bits per heavy atom. The molecule has 2 N–H and O–H groups in total. The van der Waals surface area contributed by atoms with Crippen molar-refractivity contribution in [2.75, 3.05) is 36.5 Å². The van der Waals surface area contributed by atoms with Crippen LogP contribution in [0.3, 0.4) is 0 Å². The summed E-state index contributed by atoms with van der Waals surface area (Å²) < 4.78 is 5.40. The molecule has 1 aliphatic heterocycles. The van der Waals surface area contributed by atoms with Gasteiger partial charge in [-0.05, 0) is 49.5 Å². The van der Waals surface area contributed by atoms with Gasteiger partial charge in [0.25, 0.3) is 5.91 Å². The molecule has 3 rings (SSSR count). The third-order valence-corrected chi connectivity index (χ3v) is 4.54. The Morgan fingerprint density at radius 3 is 2.54 bits per heavy atom. The second kappa shape index (κ2) is 8.49. The largest absolute Gasteiger partial charge is 0.378 e. The highest BCUT2D eigenvalue weighted by atomic mass is 35.5. The first-order chi connectivity index (χ1) is 12.5. The Morgan fingerprint density at radius 2 is 1.85 bits per heavy atom. The molecule has 136 valence electrons. The maximum absolute atomic E-state index is 12.3. The van der Waals surface area contributed by atoms with Crippen molar-refractivity contribution in [1.82, 2.24) is 5.32 Å². The number of anilines is 2. The lowest BCUT2D eigenvalue weighted by Crippen LogP contribution is -2.38. The molecule has 1 heterocycles. The molecule has 0 spiro atoms. The van der Waals surface area contributed by atoms with Gasteiger partial charge >= 0.3 is 0 Å². The summed E-state index contributed by atoms with van der Waals surface area (Å²) in [7, 11) is 0. The van der Waals surface area contributed by atoms with Crippen LogP contribution in [0.5, 0.6) is 0 Å². The Bertz CT molecular complexity index is 805. The van der Waals surface area contributed by atoms with Crippen LogP contribution in [0.2, 0.25) is 5.02 Å². The number of aryl methyl sites for hydroxylation is 1. The number of amides is 1. The number of nitrogens with zero attached hydrogens (tertiary/aromatic N) is 1. The van der Waals surface area contributed by atoms with Gasteiger partial charge in [0.2, 0.25) is 0 Å². The summed E-state index contributed by atoms with van der Waals surface area (Å²) in [6, 6.07) is 12.9. The fourth-order valence-electron chi connectivity index (χ4n) is 2.72. The summed E-state index contributed by atoms with van der Waals surface area (Å²) in [4.78, 5) is 14.5. The van der Waals surface area contributed by atoms with Crippen LogP contribution in [0, 0.1) is 6.92 Å². The molecule has 1 saturated heterocycles. The number of thiocarbonyl (C=S) groups is 1. The van der Waals surface area contributed by atoms with Gasteiger partial charge in [-0.2, -0.15) is 0 Å². The number of carbonyl (C=O) groups is 1. The molecule has 5 nitrogen and oxygen atoms in total. The van der Waals surface area contributed by atoms with Gasteiger partial charge in [-0.3, -0.25) is 10.1 Å². The number of benzene rings is 2. The maximum atomic E-state index is 12.3. The fourth-order valence-corrected chi connectivity index (χ4v) is 3.10. The van der Waals surface area contributed by atoms with Gasteiger partial charge in [0, 0.05) is 23.7 Å². The van der Waals surface area contributed by atoms with Crippen LogP contribution < -0.4 is 15.5 Å². The Kier molecular flexibility index (Phi) is 6.08. The van der Waals surface area contributed by atoms with Crippen LogP contribution in [0.25, 0.3) is 0 Å². The molecule has 0 unspecified atom stereocenters. The van der Waals surface area contributed by atoms with E-state index in [1.165, 1.54) is 0 Å². The highest BCUT2D eigenvalue weighted by molar-refractivity contribution is 7.80. The molecule has 26 heavy (non-hydrogen) atoms. The van der Waals surface area contributed by atoms with Gasteiger partial charge in [-0.1, -0.05) is 29.3 Å². The minimum Gasteiger partial charge on any atom is -0.378 e. The molecule has 0 aromatic heterocycles. The molecule has 0 atom stereocenters. The van der Waals surface area contributed by atoms with Crippen LogP contribution in [0.4, 0.5) is 11.4 Å². The van der Waals surface area contributed by atoms with E-state index in [9.17, 15) is 4.79 Å². The minimum absolute atomic E-state index is 0.229. The molecule has 1 fully saturated rings. The third-order valence-electron chi connectivity index (χ3n) is 4.10. The number of halogens is 1. The second-order valence-electron chi connectivity index (χ2n) is 6.04. The van der Waals surface area contributed by atoms with Crippen LogP contribution in [0.15, 0.2) is 42.5 Å². The van der Waals surface area contributed by atoms with Crippen molar-refractivity contribution in [2.24, 2.45) is 0 Å². The molecule has 2 aromatic carbocycles. The molecule has 0 saturated carbocycles. The average molecular weight is 390 g/mol. The molecule has 2 aromatic rings. The van der Waals surface area contributed by atoms with Crippen molar-refractivity contribution in [1.29, 1.82) is 0 Å². The number of ether oxygens (including phenoxy) is 1. The molecule has 0 aliphatic carbocycles. The zero-order valence-electron chi connectivity index (χ0n) is 14.4. The molecule has 0 radical (unpaired) electrons. The van der Waals surface area contributed by atoms with E-state index in [4.69, 9.17) is 28.6 Å². The van der Waals surface area contributed by atoms with Crippen LogP contribution in [0.1, 0.15) is 15.9 Å². The lowest BCUT2D eigenvalue weighted by Gasteiger charge is -2.30. The molecule has 1 aliphatic rings. The average Bonchev–Trinajstić information content (AvgIpc) is 2.63. The van der Waals surface area contributed by atoms with E-state index >= 15 is 0 Å². The van der Waals surface area contributed by atoms with Crippen molar-refractivity contribution in [3.63, 3.8) is 0 Å². The first kappa shape index (κ1) is 18.6. The first-order valence-electron chi connectivity index (χ1n) is 8.34. The normalized spacial score (nSPS) is 14.0. The van der Waals surface area contributed by atoms with Crippen molar-refractivity contribution in [3.8, 4) is 0 Å². The third kappa shape index (κ3) is 4.72. The van der Waals surface area contributed by atoms with E-state index in [1.807, 2.05) is 31.2 Å². The second-order valence-corrected chi connectivity index (χ2v) is 6.88.